The second kappa shape index (κ2) is 5.16. The predicted octanol–water partition coefficient (Wildman–Crippen LogP) is 3.34. The summed E-state index contributed by atoms with van der Waals surface area (Å²) >= 11 is 0. The minimum Gasteiger partial charge on any atom is -0.314 e. The number of nitrogens with one attached hydrogen (secondary N) is 1. The van der Waals surface area contributed by atoms with E-state index in [1.807, 2.05) is 0 Å². The van der Waals surface area contributed by atoms with E-state index in [9.17, 15) is 0 Å². The van der Waals surface area contributed by atoms with Crippen LogP contribution in [0.15, 0.2) is 0 Å². The molecule has 0 aromatic heterocycles. The lowest BCUT2D eigenvalue weighted by Crippen LogP contribution is -2.36. The van der Waals surface area contributed by atoms with Gasteiger partial charge in [0, 0.05) is 6.04 Å². The van der Waals surface area contributed by atoms with E-state index in [-0.39, 0.29) is 0 Å². The molecule has 2 rings (SSSR count). The molecular formula is C13H25N. The first kappa shape index (κ1) is 10.5. The molecule has 1 aliphatic carbocycles. The van der Waals surface area contributed by atoms with Crippen molar-refractivity contribution in [2.45, 2.75) is 64.3 Å². The van der Waals surface area contributed by atoms with E-state index in [1.54, 1.807) is 0 Å². The molecule has 1 saturated heterocycles. The largest absolute Gasteiger partial charge is 0.314 e. The van der Waals surface area contributed by atoms with Gasteiger partial charge in [-0.1, -0.05) is 39.0 Å². The second-order valence-corrected chi connectivity index (χ2v) is 5.51. The Bertz CT molecular complexity index is 153. The summed E-state index contributed by atoms with van der Waals surface area (Å²) in [5.41, 5.74) is 0. The van der Waals surface area contributed by atoms with E-state index >= 15 is 0 Å². The average Bonchev–Trinajstić information content (AvgIpc) is 2.23. The Morgan fingerprint density at radius 3 is 2.43 bits per heavy atom. The van der Waals surface area contributed by atoms with Crippen molar-refractivity contribution in [3.63, 3.8) is 0 Å². The molecule has 0 aromatic rings. The Hall–Kier alpha value is -0.0400. The van der Waals surface area contributed by atoms with Gasteiger partial charge in [0.25, 0.3) is 0 Å². The zero-order valence-electron chi connectivity index (χ0n) is 9.60. The van der Waals surface area contributed by atoms with E-state index in [0.29, 0.717) is 0 Å². The van der Waals surface area contributed by atoms with Crippen LogP contribution in [0.25, 0.3) is 0 Å². The monoisotopic (exact) mass is 195 g/mol. The minimum absolute atomic E-state index is 0.863. The highest BCUT2D eigenvalue weighted by molar-refractivity contribution is 4.78. The van der Waals surface area contributed by atoms with Crippen LogP contribution < -0.4 is 5.32 Å². The van der Waals surface area contributed by atoms with Crippen LogP contribution in [0.3, 0.4) is 0 Å². The minimum atomic E-state index is 0.863. The summed E-state index contributed by atoms with van der Waals surface area (Å²) in [6.07, 6.45) is 11.7. The molecule has 0 amide bonds. The van der Waals surface area contributed by atoms with Crippen molar-refractivity contribution in [2.24, 2.45) is 11.8 Å². The van der Waals surface area contributed by atoms with Crippen molar-refractivity contribution in [3.05, 3.63) is 0 Å². The summed E-state index contributed by atoms with van der Waals surface area (Å²) in [4.78, 5) is 0. The van der Waals surface area contributed by atoms with Crippen molar-refractivity contribution in [2.75, 3.05) is 6.54 Å². The van der Waals surface area contributed by atoms with E-state index < -0.39 is 0 Å². The van der Waals surface area contributed by atoms with E-state index in [0.717, 1.165) is 17.9 Å². The van der Waals surface area contributed by atoms with Crippen LogP contribution in [0.5, 0.6) is 0 Å². The van der Waals surface area contributed by atoms with Gasteiger partial charge in [0.1, 0.15) is 0 Å². The molecule has 82 valence electrons. The molecule has 0 bridgehead atoms. The molecule has 1 unspecified atom stereocenters. The first-order chi connectivity index (χ1) is 6.84. The van der Waals surface area contributed by atoms with Crippen molar-refractivity contribution in [1.82, 2.24) is 5.32 Å². The van der Waals surface area contributed by atoms with Crippen molar-refractivity contribution >= 4 is 0 Å². The summed E-state index contributed by atoms with van der Waals surface area (Å²) in [5.74, 6) is 2.05. The van der Waals surface area contributed by atoms with Crippen molar-refractivity contribution in [1.29, 1.82) is 0 Å². The average molecular weight is 195 g/mol. The first-order valence-electron chi connectivity index (χ1n) is 6.58. The number of rotatable bonds is 2. The molecule has 1 heterocycles. The fourth-order valence-corrected chi connectivity index (χ4v) is 3.09. The molecule has 14 heavy (non-hydrogen) atoms. The van der Waals surface area contributed by atoms with Gasteiger partial charge in [-0.3, -0.25) is 0 Å². The number of hydrogen-bond acceptors (Lipinski definition) is 1. The van der Waals surface area contributed by atoms with Gasteiger partial charge in [-0.25, -0.2) is 0 Å². The molecular weight excluding hydrogens is 170 g/mol. The maximum Gasteiger partial charge on any atom is 0.00697 e. The van der Waals surface area contributed by atoms with E-state index in [4.69, 9.17) is 0 Å². The van der Waals surface area contributed by atoms with Crippen LogP contribution in [0, 0.1) is 11.8 Å². The van der Waals surface area contributed by atoms with Crippen LogP contribution in [0.1, 0.15) is 58.3 Å². The van der Waals surface area contributed by atoms with E-state index in [2.05, 4.69) is 12.2 Å². The zero-order valence-corrected chi connectivity index (χ0v) is 9.60. The summed E-state index contributed by atoms with van der Waals surface area (Å²) in [6, 6.07) is 0.863. The highest BCUT2D eigenvalue weighted by Gasteiger charge is 2.22. The standard InChI is InChI=1S/C13H25N/c1-11-5-7-12(8-6-11)10-13-4-2-3-9-14-13/h11-14H,2-10H2,1H3. The van der Waals surface area contributed by atoms with Gasteiger partial charge in [-0.15, -0.1) is 0 Å². The zero-order chi connectivity index (χ0) is 9.80. The van der Waals surface area contributed by atoms with E-state index in [1.165, 1.54) is 57.9 Å². The Labute approximate surface area is 88.7 Å². The maximum atomic E-state index is 3.68. The van der Waals surface area contributed by atoms with Crippen LogP contribution in [-0.2, 0) is 0 Å². The smallest absolute Gasteiger partial charge is 0.00697 e. The van der Waals surface area contributed by atoms with Crippen molar-refractivity contribution < 1.29 is 0 Å². The maximum absolute atomic E-state index is 3.68. The summed E-state index contributed by atoms with van der Waals surface area (Å²) < 4.78 is 0. The Morgan fingerprint density at radius 1 is 1.00 bits per heavy atom. The molecule has 1 atom stereocenters. The third-order valence-electron chi connectivity index (χ3n) is 4.17. The molecule has 2 fully saturated rings. The fourth-order valence-electron chi connectivity index (χ4n) is 3.09. The summed E-state index contributed by atoms with van der Waals surface area (Å²) in [6.45, 7) is 3.68. The van der Waals surface area contributed by atoms with Gasteiger partial charge in [0.2, 0.25) is 0 Å². The van der Waals surface area contributed by atoms with Crippen LogP contribution >= 0.6 is 0 Å². The Morgan fingerprint density at radius 2 is 1.79 bits per heavy atom. The Balaban J connectivity index is 1.68. The van der Waals surface area contributed by atoms with Gasteiger partial charge in [0.15, 0.2) is 0 Å². The highest BCUT2D eigenvalue weighted by atomic mass is 14.9. The molecule has 1 saturated carbocycles. The molecule has 1 aliphatic heterocycles. The SMILES string of the molecule is CC1CCC(CC2CCCCN2)CC1. The van der Waals surface area contributed by atoms with Crippen LogP contribution in [0.4, 0.5) is 0 Å². The molecule has 1 nitrogen and oxygen atoms in total. The van der Waals surface area contributed by atoms with Gasteiger partial charge in [-0.05, 0) is 37.6 Å². The lowest BCUT2D eigenvalue weighted by molar-refractivity contribution is 0.239. The molecule has 0 spiro atoms. The van der Waals surface area contributed by atoms with Gasteiger partial charge >= 0.3 is 0 Å². The molecule has 0 aromatic carbocycles. The van der Waals surface area contributed by atoms with Gasteiger partial charge < -0.3 is 5.32 Å². The van der Waals surface area contributed by atoms with Gasteiger partial charge in [0.05, 0.1) is 0 Å². The van der Waals surface area contributed by atoms with Crippen molar-refractivity contribution in [3.8, 4) is 0 Å². The fraction of sp³-hybridized carbons (Fsp3) is 1.00. The molecule has 1 heteroatoms. The summed E-state index contributed by atoms with van der Waals surface area (Å²) in [7, 11) is 0. The third kappa shape index (κ3) is 2.98. The molecule has 0 radical (unpaired) electrons. The van der Waals surface area contributed by atoms with Crippen LogP contribution in [-0.4, -0.2) is 12.6 Å². The lowest BCUT2D eigenvalue weighted by Gasteiger charge is -2.31. The topological polar surface area (TPSA) is 12.0 Å². The summed E-state index contributed by atoms with van der Waals surface area (Å²) in [5, 5.41) is 3.68. The molecule has 1 N–H and O–H groups in total. The molecule has 2 aliphatic rings. The lowest BCUT2D eigenvalue weighted by atomic mass is 9.79. The van der Waals surface area contributed by atoms with Gasteiger partial charge in [-0.2, -0.15) is 0 Å². The third-order valence-corrected chi connectivity index (χ3v) is 4.17. The number of piperidine rings is 1. The quantitative estimate of drug-likeness (QED) is 0.712. The second-order valence-electron chi connectivity index (χ2n) is 5.51. The first-order valence-corrected chi connectivity index (χ1v) is 6.58. The Kier molecular flexibility index (Phi) is 3.86. The predicted molar refractivity (Wildman–Crippen MR) is 61.4 cm³/mol. The highest BCUT2D eigenvalue weighted by Crippen LogP contribution is 2.32. The number of hydrogen-bond donors (Lipinski definition) is 1. The van der Waals surface area contributed by atoms with Crippen LogP contribution in [0.2, 0.25) is 0 Å². The normalized spacial score (nSPS) is 39.6.